The van der Waals surface area contributed by atoms with Crippen LogP contribution in [0.2, 0.25) is 0 Å². The molecule has 0 N–H and O–H groups in total. The fraction of sp³-hybridized carbons (Fsp3) is 0.408. The van der Waals surface area contributed by atoms with Gasteiger partial charge in [0.15, 0.2) is 0 Å². The quantitative estimate of drug-likeness (QED) is 0.203. The van der Waals surface area contributed by atoms with E-state index in [4.69, 9.17) is 0 Å². The Kier molecular flexibility index (Phi) is 12.3. The molecule has 6 rings (SSSR count). The summed E-state index contributed by atoms with van der Waals surface area (Å²) in [5, 5.41) is 0. The molecule has 0 aliphatic heterocycles. The van der Waals surface area contributed by atoms with Gasteiger partial charge in [-0.1, -0.05) is 0 Å². The summed E-state index contributed by atoms with van der Waals surface area (Å²) in [5.41, 5.74) is 16.2. The van der Waals surface area contributed by atoms with Crippen molar-refractivity contribution >= 4 is 3.21 Å². The largest absolute Gasteiger partial charge is 1.00 e. The van der Waals surface area contributed by atoms with Crippen molar-refractivity contribution < 1.29 is 46.1 Å². The molecular weight excluding hydrogens is 751 g/mol. The van der Waals surface area contributed by atoms with Crippen molar-refractivity contribution in [3.05, 3.63) is 150 Å². The maximum absolute atomic E-state index is 2.87. The molecule has 1 atom stereocenters. The molecule has 0 spiro atoms. The molecule has 2 aliphatic rings. The fourth-order valence-electron chi connectivity index (χ4n) is 7.93. The van der Waals surface area contributed by atoms with Crippen LogP contribution in [0, 0.1) is 5.92 Å². The van der Waals surface area contributed by atoms with Crippen molar-refractivity contribution in [2.75, 3.05) is 0 Å². The average Bonchev–Trinajstić information content (AvgIpc) is 3.53. The zero-order valence-electron chi connectivity index (χ0n) is 34.1. The van der Waals surface area contributed by atoms with Crippen LogP contribution in [0.5, 0.6) is 0 Å². The smallest absolute Gasteiger partial charge is 1.00 e. The molecule has 4 aromatic carbocycles. The van der Waals surface area contributed by atoms with Gasteiger partial charge in [0.25, 0.3) is 0 Å². The van der Waals surface area contributed by atoms with Crippen LogP contribution in [0.1, 0.15) is 145 Å². The summed E-state index contributed by atoms with van der Waals surface area (Å²) in [7, 11) is 0. The number of allylic oxidation sites excluding steroid dienone is 4. The number of halogens is 2. The molecule has 0 nitrogen and oxygen atoms in total. The predicted octanol–water partition coefficient (Wildman–Crippen LogP) is 7.32. The molecule has 0 amide bonds. The van der Waals surface area contributed by atoms with Crippen molar-refractivity contribution in [3.8, 4) is 11.1 Å². The van der Waals surface area contributed by atoms with Gasteiger partial charge in [0.05, 0.1) is 0 Å². The summed E-state index contributed by atoms with van der Waals surface area (Å²) in [6, 6.07) is 34.5. The summed E-state index contributed by atoms with van der Waals surface area (Å²) >= 11 is -2.87. The van der Waals surface area contributed by atoms with Crippen molar-refractivity contribution in [3.63, 3.8) is 0 Å². The Morgan fingerprint density at radius 2 is 0.846 bits per heavy atom. The van der Waals surface area contributed by atoms with Crippen LogP contribution in [-0.4, -0.2) is 3.21 Å². The molecule has 0 saturated heterocycles. The monoisotopic (exact) mass is 808 g/mol. The number of hydrogen-bond acceptors (Lipinski definition) is 0. The maximum atomic E-state index is 2.59. The van der Waals surface area contributed by atoms with Gasteiger partial charge >= 0.3 is 314 Å². The topological polar surface area (TPSA) is 0 Å². The first-order valence-corrected chi connectivity index (χ1v) is 22.7. The minimum absolute atomic E-state index is 0. The first-order chi connectivity index (χ1) is 23.1. The van der Waals surface area contributed by atoms with E-state index in [1.807, 2.05) is 0 Å². The van der Waals surface area contributed by atoms with Gasteiger partial charge < -0.3 is 24.8 Å². The van der Waals surface area contributed by atoms with E-state index < -0.39 is 21.3 Å². The van der Waals surface area contributed by atoms with Crippen LogP contribution in [-0.2, 0) is 42.9 Å². The van der Waals surface area contributed by atoms with Crippen molar-refractivity contribution in [1.29, 1.82) is 0 Å². The SMILES string of the molecule is CC1=CC(C)[C]([Zr+2](=[C](c2ccc(C(C)(C)C)cc2)c2ccc(C(C)(C)C)cc2)[CH]2c3ccc(C(C)(C)C)cc3-c3cc(C(C)(C)C)ccc32)=C1.[Cl-].[Cl-]. The second-order valence-corrected chi connectivity index (χ2v) is 25.4. The van der Waals surface area contributed by atoms with E-state index in [1.165, 1.54) is 50.1 Å². The Labute approximate surface area is 336 Å². The molecule has 0 fully saturated rings. The van der Waals surface area contributed by atoms with Gasteiger partial charge in [-0.2, -0.15) is 0 Å². The summed E-state index contributed by atoms with van der Waals surface area (Å²) < 4.78 is 3.72. The van der Waals surface area contributed by atoms with E-state index in [2.05, 4.69) is 194 Å². The number of hydrogen-bond donors (Lipinski definition) is 0. The van der Waals surface area contributed by atoms with E-state index in [1.54, 1.807) is 17.6 Å². The van der Waals surface area contributed by atoms with Gasteiger partial charge in [0.2, 0.25) is 0 Å². The van der Waals surface area contributed by atoms with E-state index in [0.717, 1.165) is 0 Å². The van der Waals surface area contributed by atoms with Crippen LogP contribution in [0.4, 0.5) is 0 Å². The summed E-state index contributed by atoms with van der Waals surface area (Å²) in [6.07, 6.45) is 5.11. The maximum Gasteiger partial charge on any atom is -1.00 e. The second kappa shape index (κ2) is 15.1. The van der Waals surface area contributed by atoms with E-state index in [-0.39, 0.29) is 46.5 Å². The molecule has 0 heterocycles. The molecule has 0 bridgehead atoms. The minimum atomic E-state index is -2.87. The molecule has 274 valence electrons. The van der Waals surface area contributed by atoms with E-state index in [0.29, 0.717) is 9.54 Å². The zero-order chi connectivity index (χ0) is 36.6. The van der Waals surface area contributed by atoms with Crippen molar-refractivity contribution in [2.24, 2.45) is 5.92 Å². The third kappa shape index (κ3) is 8.34. The first kappa shape index (κ1) is 42.4. The third-order valence-electron chi connectivity index (χ3n) is 11.1. The van der Waals surface area contributed by atoms with E-state index in [9.17, 15) is 0 Å². The van der Waals surface area contributed by atoms with Crippen LogP contribution < -0.4 is 24.8 Å². The van der Waals surface area contributed by atoms with Gasteiger partial charge in [-0.25, -0.2) is 0 Å². The van der Waals surface area contributed by atoms with Crippen LogP contribution in [0.3, 0.4) is 0 Å². The van der Waals surface area contributed by atoms with Crippen molar-refractivity contribution in [2.45, 2.75) is 122 Å². The first-order valence-electron chi connectivity index (χ1n) is 18.8. The Morgan fingerprint density at radius 3 is 1.15 bits per heavy atom. The molecule has 0 saturated carbocycles. The summed E-state index contributed by atoms with van der Waals surface area (Å²) in [6.45, 7) is 32.8. The Morgan fingerprint density at radius 1 is 0.500 bits per heavy atom. The van der Waals surface area contributed by atoms with Gasteiger partial charge in [0, 0.05) is 0 Å². The fourth-order valence-corrected chi connectivity index (χ4v) is 17.6. The number of rotatable bonds is 4. The Balaban J connectivity index is 0.00000302. The van der Waals surface area contributed by atoms with Gasteiger partial charge in [-0.05, 0) is 0 Å². The minimum Gasteiger partial charge on any atom is -1.00 e. The number of fused-ring (bicyclic) bond motifs is 3. The van der Waals surface area contributed by atoms with Crippen molar-refractivity contribution in [1.82, 2.24) is 0 Å². The van der Waals surface area contributed by atoms with Crippen LogP contribution >= 0.6 is 0 Å². The number of benzene rings is 4. The van der Waals surface area contributed by atoms with Gasteiger partial charge in [0.1, 0.15) is 0 Å². The standard InChI is InChI=1S/C21H25.C21H26.C7H9.2ClH.Zr/c1-20(2,3)16-9-7-14-11-15-8-10-17(21(4,5)6)13-19(15)18(14)12-16;1-20(2,3)18-11-7-16(8-12-18)15-17-9-13-19(14-10-17)21(4,5)6;1-6-3-4-7(2)5-6;;;/h7-13H,1-6H3;7-14H,1-6H3;3,5,7H,1-2H3;2*1H;/q;;;;;+2/p-2. The third-order valence-corrected chi connectivity index (χ3v) is 19.8. The van der Waals surface area contributed by atoms with E-state index >= 15 is 0 Å². The normalized spacial score (nSPS) is 15.8. The zero-order valence-corrected chi connectivity index (χ0v) is 38.1. The Hall–Kier alpha value is -2.31. The Bertz CT molecular complexity index is 1900. The van der Waals surface area contributed by atoms with Crippen LogP contribution in [0.25, 0.3) is 11.1 Å². The molecule has 52 heavy (non-hydrogen) atoms. The molecule has 0 aromatic heterocycles. The summed E-state index contributed by atoms with van der Waals surface area (Å²) in [4.78, 5) is 0. The molecule has 4 aromatic rings. The average molecular weight is 811 g/mol. The molecule has 2 aliphatic carbocycles. The summed E-state index contributed by atoms with van der Waals surface area (Å²) in [5.74, 6) is 0.442. The van der Waals surface area contributed by atoms with Gasteiger partial charge in [-0.3, -0.25) is 0 Å². The predicted molar refractivity (Wildman–Crippen MR) is 216 cm³/mol. The molecule has 1 unspecified atom stereocenters. The van der Waals surface area contributed by atoms with Crippen LogP contribution in [0.15, 0.2) is 106 Å². The second-order valence-electron chi connectivity index (χ2n) is 19.3. The molecular formula is C49H60Cl2Zr. The molecule has 0 radical (unpaired) electrons. The molecule has 3 heteroatoms. The van der Waals surface area contributed by atoms with Gasteiger partial charge in [-0.15, -0.1) is 0 Å².